The van der Waals surface area contributed by atoms with E-state index in [0.717, 1.165) is 10.9 Å². The summed E-state index contributed by atoms with van der Waals surface area (Å²) in [6.45, 7) is 1.62. The van der Waals surface area contributed by atoms with Crippen LogP contribution in [0.25, 0.3) is 10.9 Å². The average Bonchev–Trinajstić information content (AvgIpc) is 2.92. The van der Waals surface area contributed by atoms with E-state index in [1.165, 1.54) is 12.1 Å². The van der Waals surface area contributed by atoms with E-state index in [2.05, 4.69) is 4.98 Å². The fraction of sp³-hybridized carbons (Fsp3) is 0.118. The van der Waals surface area contributed by atoms with Gasteiger partial charge in [-0.1, -0.05) is 30.3 Å². The summed E-state index contributed by atoms with van der Waals surface area (Å²) < 4.78 is 19.0. The fourth-order valence-corrected chi connectivity index (χ4v) is 2.28. The maximum atomic E-state index is 13.6. The van der Waals surface area contributed by atoms with Crippen LogP contribution in [-0.4, -0.2) is 16.9 Å². The molecular weight excluding hydrogens is 269 g/mol. The van der Waals surface area contributed by atoms with Crippen molar-refractivity contribution in [2.45, 2.75) is 13.0 Å². The third kappa shape index (κ3) is 2.52. The van der Waals surface area contributed by atoms with Crippen molar-refractivity contribution in [3.8, 4) is 5.75 Å². The predicted molar refractivity (Wildman–Crippen MR) is 79.1 cm³/mol. The quantitative estimate of drug-likeness (QED) is 0.736. The zero-order valence-corrected chi connectivity index (χ0v) is 11.5. The highest BCUT2D eigenvalue weighted by Crippen LogP contribution is 2.22. The van der Waals surface area contributed by atoms with Crippen molar-refractivity contribution in [3.05, 3.63) is 66.1 Å². The molecule has 0 aliphatic carbocycles. The van der Waals surface area contributed by atoms with Gasteiger partial charge in [0.2, 0.25) is 5.78 Å². The number of carbonyl (C=O) groups excluding carboxylic acids is 1. The second-order valence-electron chi connectivity index (χ2n) is 4.80. The molecule has 1 N–H and O–H groups in total. The van der Waals surface area contributed by atoms with Gasteiger partial charge in [0.05, 0.1) is 0 Å². The molecule has 2 aromatic carbocycles. The molecule has 1 heterocycles. The number of hydrogen-bond acceptors (Lipinski definition) is 2. The minimum absolute atomic E-state index is 0.0817. The molecular formula is C17H14FNO2. The zero-order chi connectivity index (χ0) is 14.8. The van der Waals surface area contributed by atoms with Gasteiger partial charge in [0.1, 0.15) is 0 Å². The SMILES string of the molecule is C[C@H](Oc1ccccc1F)C(=O)c1c[nH]c2ccccc12. The monoisotopic (exact) mass is 283 g/mol. The molecule has 21 heavy (non-hydrogen) atoms. The number of ether oxygens (including phenoxy) is 1. The first-order valence-corrected chi connectivity index (χ1v) is 6.68. The minimum Gasteiger partial charge on any atom is -0.479 e. The zero-order valence-electron chi connectivity index (χ0n) is 11.5. The molecule has 0 saturated heterocycles. The van der Waals surface area contributed by atoms with Gasteiger partial charge in [-0.15, -0.1) is 0 Å². The molecule has 1 atom stereocenters. The molecule has 3 aromatic rings. The van der Waals surface area contributed by atoms with E-state index in [1.54, 1.807) is 25.3 Å². The molecule has 106 valence electrons. The molecule has 1 aromatic heterocycles. The van der Waals surface area contributed by atoms with Crippen LogP contribution in [0.2, 0.25) is 0 Å². The third-order valence-corrected chi connectivity index (χ3v) is 3.36. The second-order valence-corrected chi connectivity index (χ2v) is 4.80. The normalized spacial score (nSPS) is 12.3. The molecule has 3 nitrogen and oxygen atoms in total. The van der Waals surface area contributed by atoms with Crippen LogP contribution in [0.4, 0.5) is 4.39 Å². The van der Waals surface area contributed by atoms with Crippen LogP contribution >= 0.6 is 0 Å². The molecule has 0 aliphatic rings. The summed E-state index contributed by atoms with van der Waals surface area (Å²) in [6.07, 6.45) is 0.898. The van der Waals surface area contributed by atoms with Gasteiger partial charge in [-0.2, -0.15) is 0 Å². The van der Waals surface area contributed by atoms with Crippen LogP contribution < -0.4 is 4.74 Å². The number of benzene rings is 2. The average molecular weight is 283 g/mol. The Kier molecular flexibility index (Phi) is 3.44. The Balaban J connectivity index is 1.86. The van der Waals surface area contributed by atoms with E-state index in [-0.39, 0.29) is 11.5 Å². The lowest BCUT2D eigenvalue weighted by molar-refractivity contribution is 0.0814. The lowest BCUT2D eigenvalue weighted by atomic mass is 10.1. The van der Waals surface area contributed by atoms with Crippen molar-refractivity contribution < 1.29 is 13.9 Å². The number of halogens is 1. The standard InChI is InChI=1S/C17H14FNO2/c1-11(21-16-9-5-3-7-14(16)18)17(20)13-10-19-15-8-4-2-6-12(13)15/h2-11,19H,1H3/t11-/m0/s1. The van der Waals surface area contributed by atoms with E-state index in [4.69, 9.17) is 4.74 Å². The van der Waals surface area contributed by atoms with Crippen molar-refractivity contribution in [3.63, 3.8) is 0 Å². The molecule has 0 saturated carbocycles. The largest absolute Gasteiger partial charge is 0.479 e. The van der Waals surface area contributed by atoms with Gasteiger partial charge in [-0.25, -0.2) is 4.39 Å². The van der Waals surface area contributed by atoms with Crippen molar-refractivity contribution in [1.82, 2.24) is 4.98 Å². The van der Waals surface area contributed by atoms with Gasteiger partial charge in [-0.05, 0) is 25.1 Å². The number of hydrogen-bond donors (Lipinski definition) is 1. The summed E-state index contributed by atoms with van der Waals surface area (Å²) in [5.41, 5.74) is 1.44. The van der Waals surface area contributed by atoms with Gasteiger partial charge in [-0.3, -0.25) is 4.79 Å². The number of fused-ring (bicyclic) bond motifs is 1. The Hall–Kier alpha value is -2.62. The Morgan fingerprint density at radius 2 is 1.86 bits per heavy atom. The molecule has 0 amide bonds. The lowest BCUT2D eigenvalue weighted by Crippen LogP contribution is -2.24. The molecule has 3 rings (SSSR count). The van der Waals surface area contributed by atoms with E-state index in [1.807, 2.05) is 24.3 Å². The van der Waals surface area contributed by atoms with Crippen LogP contribution in [0.15, 0.2) is 54.7 Å². The summed E-state index contributed by atoms with van der Waals surface area (Å²) in [6, 6.07) is 13.6. The fourth-order valence-electron chi connectivity index (χ4n) is 2.28. The maximum Gasteiger partial charge on any atom is 0.205 e. The van der Waals surface area contributed by atoms with Gasteiger partial charge in [0, 0.05) is 22.7 Å². The second kappa shape index (κ2) is 5.40. The Bertz CT molecular complexity index is 794. The first kappa shape index (κ1) is 13.4. The molecule has 4 heteroatoms. The molecule has 0 spiro atoms. The summed E-state index contributed by atoms with van der Waals surface area (Å²) >= 11 is 0. The van der Waals surface area contributed by atoms with Gasteiger partial charge in [0.25, 0.3) is 0 Å². The Morgan fingerprint density at radius 3 is 2.67 bits per heavy atom. The van der Waals surface area contributed by atoms with Crippen LogP contribution in [0.5, 0.6) is 5.75 Å². The Labute approximate surface area is 121 Å². The van der Waals surface area contributed by atoms with Crippen LogP contribution in [0.3, 0.4) is 0 Å². The summed E-state index contributed by atoms with van der Waals surface area (Å²) in [4.78, 5) is 15.5. The lowest BCUT2D eigenvalue weighted by Gasteiger charge is -2.13. The third-order valence-electron chi connectivity index (χ3n) is 3.36. The minimum atomic E-state index is -0.763. The number of aromatic nitrogens is 1. The summed E-state index contributed by atoms with van der Waals surface area (Å²) in [5.74, 6) is -0.579. The number of nitrogens with one attached hydrogen (secondary N) is 1. The van der Waals surface area contributed by atoms with Crippen molar-refractivity contribution >= 4 is 16.7 Å². The van der Waals surface area contributed by atoms with Crippen LogP contribution in [-0.2, 0) is 0 Å². The topological polar surface area (TPSA) is 42.1 Å². The number of ketones is 1. The molecule has 0 aliphatic heterocycles. The van der Waals surface area contributed by atoms with Crippen LogP contribution in [0.1, 0.15) is 17.3 Å². The first-order chi connectivity index (χ1) is 10.2. The number of carbonyl (C=O) groups is 1. The maximum absolute atomic E-state index is 13.6. The highest BCUT2D eigenvalue weighted by atomic mass is 19.1. The first-order valence-electron chi connectivity index (χ1n) is 6.68. The van der Waals surface area contributed by atoms with E-state index in [9.17, 15) is 9.18 Å². The number of Topliss-reactive ketones (excluding diaryl/α,β-unsaturated/α-hetero) is 1. The van der Waals surface area contributed by atoms with Crippen LogP contribution in [0, 0.1) is 5.82 Å². The van der Waals surface area contributed by atoms with Gasteiger partial charge >= 0.3 is 0 Å². The number of H-pyrrole nitrogens is 1. The summed E-state index contributed by atoms with van der Waals surface area (Å²) in [5, 5.41) is 0.839. The van der Waals surface area contributed by atoms with Crippen molar-refractivity contribution in [2.24, 2.45) is 0 Å². The van der Waals surface area contributed by atoms with E-state index in [0.29, 0.717) is 5.56 Å². The summed E-state index contributed by atoms with van der Waals surface area (Å²) in [7, 11) is 0. The molecule has 0 unspecified atom stereocenters. The Morgan fingerprint density at radius 1 is 1.14 bits per heavy atom. The number of rotatable bonds is 4. The van der Waals surface area contributed by atoms with Gasteiger partial charge in [0.15, 0.2) is 17.7 Å². The van der Waals surface area contributed by atoms with E-state index >= 15 is 0 Å². The molecule has 0 radical (unpaired) electrons. The highest BCUT2D eigenvalue weighted by Gasteiger charge is 2.21. The van der Waals surface area contributed by atoms with Crippen molar-refractivity contribution in [1.29, 1.82) is 0 Å². The van der Waals surface area contributed by atoms with Gasteiger partial charge < -0.3 is 9.72 Å². The number of para-hydroxylation sites is 2. The number of aromatic amines is 1. The predicted octanol–water partition coefficient (Wildman–Crippen LogP) is 3.96. The molecule has 0 bridgehead atoms. The van der Waals surface area contributed by atoms with Crippen molar-refractivity contribution in [2.75, 3.05) is 0 Å². The van der Waals surface area contributed by atoms with E-state index < -0.39 is 11.9 Å². The smallest absolute Gasteiger partial charge is 0.205 e. The highest BCUT2D eigenvalue weighted by molar-refractivity contribution is 6.09. The molecule has 0 fully saturated rings.